The lowest BCUT2D eigenvalue weighted by atomic mass is 10.1. The van der Waals surface area contributed by atoms with Crippen LogP contribution in [-0.2, 0) is 13.1 Å². The number of aromatic nitrogens is 5. The van der Waals surface area contributed by atoms with E-state index in [-0.39, 0.29) is 0 Å². The summed E-state index contributed by atoms with van der Waals surface area (Å²) in [5, 5.41) is 12.0. The van der Waals surface area contributed by atoms with E-state index in [0.29, 0.717) is 11.5 Å². The molecule has 6 nitrogen and oxygen atoms in total. The Kier molecular flexibility index (Phi) is 3.33. The Morgan fingerprint density at radius 1 is 1.32 bits per heavy atom. The number of hydrogen-bond acceptors (Lipinski definition) is 4. The first-order valence-electron chi connectivity index (χ1n) is 6.79. The Bertz CT molecular complexity index is 485. The maximum Gasteiger partial charge on any atom is 0.137 e. The lowest BCUT2D eigenvalue weighted by Crippen LogP contribution is -2.36. The Morgan fingerprint density at radius 3 is 2.84 bits per heavy atom. The number of rotatable bonds is 7. The van der Waals surface area contributed by atoms with Gasteiger partial charge in [0.05, 0.1) is 6.54 Å². The summed E-state index contributed by atoms with van der Waals surface area (Å²) in [5.41, 5.74) is 0.405. The van der Waals surface area contributed by atoms with Crippen LogP contribution in [0.5, 0.6) is 0 Å². The molecule has 1 atom stereocenters. The highest BCUT2D eigenvalue weighted by molar-refractivity contribution is 4.96. The average Bonchev–Trinajstić information content (AvgIpc) is 2.84. The highest BCUT2D eigenvalue weighted by Gasteiger charge is 2.42. The molecule has 0 saturated heterocycles. The van der Waals surface area contributed by atoms with E-state index in [2.05, 4.69) is 27.4 Å². The van der Waals surface area contributed by atoms with Gasteiger partial charge in [-0.15, -0.1) is 0 Å². The van der Waals surface area contributed by atoms with Crippen LogP contribution in [0, 0.1) is 5.41 Å². The minimum absolute atomic E-state index is 0.400. The summed E-state index contributed by atoms with van der Waals surface area (Å²) in [5.74, 6) is 0. The third kappa shape index (κ3) is 3.20. The fraction of sp³-hybridized carbons (Fsp3) is 0.615. The molecule has 19 heavy (non-hydrogen) atoms. The molecule has 1 N–H and O–H groups in total. The van der Waals surface area contributed by atoms with Gasteiger partial charge in [0.2, 0.25) is 0 Å². The van der Waals surface area contributed by atoms with Gasteiger partial charge in [0, 0.05) is 36.9 Å². The van der Waals surface area contributed by atoms with Gasteiger partial charge in [-0.1, -0.05) is 0 Å². The highest BCUT2D eigenvalue weighted by Crippen LogP contribution is 2.46. The molecule has 1 saturated carbocycles. The quantitative estimate of drug-likeness (QED) is 0.804. The van der Waals surface area contributed by atoms with Crippen LogP contribution in [0.3, 0.4) is 0 Å². The molecule has 2 aromatic heterocycles. The Morgan fingerprint density at radius 2 is 2.21 bits per heavy atom. The molecular weight excluding hydrogens is 240 g/mol. The summed E-state index contributed by atoms with van der Waals surface area (Å²) in [4.78, 5) is 3.96. The van der Waals surface area contributed by atoms with Crippen molar-refractivity contribution in [3.05, 3.63) is 31.1 Å². The molecule has 3 rings (SSSR count). The van der Waals surface area contributed by atoms with Crippen molar-refractivity contribution in [2.75, 3.05) is 6.54 Å². The first-order chi connectivity index (χ1) is 9.26. The minimum atomic E-state index is 0.400. The molecule has 0 radical (unpaired) electrons. The molecule has 1 aliphatic rings. The van der Waals surface area contributed by atoms with Gasteiger partial charge in [-0.25, -0.2) is 4.98 Å². The van der Waals surface area contributed by atoms with Gasteiger partial charge >= 0.3 is 0 Å². The van der Waals surface area contributed by atoms with Crippen molar-refractivity contribution in [1.29, 1.82) is 0 Å². The second-order valence-electron chi connectivity index (χ2n) is 5.60. The fourth-order valence-corrected chi connectivity index (χ4v) is 2.37. The topological polar surface area (TPSA) is 60.6 Å². The van der Waals surface area contributed by atoms with Gasteiger partial charge in [0.15, 0.2) is 0 Å². The molecule has 2 aromatic rings. The van der Waals surface area contributed by atoms with Crippen LogP contribution >= 0.6 is 0 Å². The Hall–Kier alpha value is -1.69. The molecule has 6 heteroatoms. The summed E-state index contributed by atoms with van der Waals surface area (Å²) < 4.78 is 3.90. The maximum atomic E-state index is 4.30. The van der Waals surface area contributed by atoms with E-state index in [4.69, 9.17) is 0 Å². The van der Waals surface area contributed by atoms with Crippen molar-refractivity contribution >= 4 is 0 Å². The van der Waals surface area contributed by atoms with Crippen molar-refractivity contribution in [2.45, 2.75) is 38.9 Å². The van der Waals surface area contributed by atoms with Crippen LogP contribution in [-0.4, -0.2) is 37.1 Å². The first-order valence-corrected chi connectivity index (χ1v) is 6.79. The number of nitrogens with zero attached hydrogens (tertiary/aromatic N) is 5. The molecule has 0 unspecified atom stereocenters. The van der Waals surface area contributed by atoms with Crippen molar-refractivity contribution in [2.24, 2.45) is 5.41 Å². The normalized spacial score (nSPS) is 18.4. The molecule has 0 bridgehead atoms. The summed E-state index contributed by atoms with van der Waals surface area (Å²) >= 11 is 0. The zero-order valence-electron chi connectivity index (χ0n) is 11.2. The molecule has 0 spiro atoms. The SMILES string of the molecule is C[C@H](Cn1cncn1)NCC1(Cn2cccn2)CC1. The summed E-state index contributed by atoms with van der Waals surface area (Å²) in [6.07, 6.45) is 9.79. The molecule has 0 amide bonds. The summed E-state index contributed by atoms with van der Waals surface area (Å²) in [6, 6.07) is 2.38. The standard InChI is InChI=1S/C13H20N6/c1-12(7-19-11-14-10-17-19)15-8-13(3-4-13)9-18-6-2-5-16-18/h2,5-6,10-12,15H,3-4,7-9H2,1H3/t12-/m1/s1. The lowest BCUT2D eigenvalue weighted by Gasteiger charge is -2.20. The lowest BCUT2D eigenvalue weighted by molar-refractivity contribution is 0.340. The predicted molar refractivity (Wildman–Crippen MR) is 71.4 cm³/mol. The number of hydrogen-bond donors (Lipinski definition) is 1. The monoisotopic (exact) mass is 260 g/mol. The molecular formula is C13H20N6. The van der Waals surface area contributed by atoms with Crippen molar-refractivity contribution in [1.82, 2.24) is 29.9 Å². The van der Waals surface area contributed by atoms with Crippen molar-refractivity contribution in [3.8, 4) is 0 Å². The summed E-state index contributed by atoms with van der Waals surface area (Å²) in [7, 11) is 0. The predicted octanol–water partition coefficient (Wildman–Crippen LogP) is 0.933. The molecule has 1 fully saturated rings. The van der Waals surface area contributed by atoms with Crippen LogP contribution in [0.2, 0.25) is 0 Å². The average molecular weight is 260 g/mol. The third-order valence-electron chi connectivity index (χ3n) is 3.77. The maximum absolute atomic E-state index is 4.30. The Balaban J connectivity index is 1.46. The smallest absolute Gasteiger partial charge is 0.137 e. The second-order valence-corrected chi connectivity index (χ2v) is 5.60. The van der Waals surface area contributed by atoms with E-state index in [0.717, 1.165) is 19.6 Å². The second kappa shape index (κ2) is 5.13. The largest absolute Gasteiger partial charge is 0.312 e. The summed E-state index contributed by atoms with van der Waals surface area (Å²) in [6.45, 7) is 5.11. The molecule has 102 valence electrons. The van der Waals surface area contributed by atoms with Crippen molar-refractivity contribution in [3.63, 3.8) is 0 Å². The van der Waals surface area contributed by atoms with E-state index < -0.39 is 0 Å². The third-order valence-corrected chi connectivity index (χ3v) is 3.77. The van der Waals surface area contributed by atoms with Crippen LogP contribution in [0.4, 0.5) is 0 Å². The molecule has 2 heterocycles. The van der Waals surface area contributed by atoms with E-state index in [1.807, 2.05) is 27.8 Å². The van der Waals surface area contributed by atoms with Gasteiger partial charge in [0.1, 0.15) is 12.7 Å². The Labute approximate surface area is 112 Å². The van der Waals surface area contributed by atoms with Crippen LogP contribution in [0.25, 0.3) is 0 Å². The molecule has 0 aliphatic heterocycles. The first kappa shape index (κ1) is 12.3. The van der Waals surface area contributed by atoms with E-state index in [1.54, 1.807) is 12.7 Å². The van der Waals surface area contributed by atoms with Gasteiger partial charge in [-0.05, 0) is 25.8 Å². The van der Waals surface area contributed by atoms with E-state index in [1.165, 1.54) is 12.8 Å². The highest BCUT2D eigenvalue weighted by atomic mass is 15.3. The van der Waals surface area contributed by atoms with E-state index >= 15 is 0 Å². The van der Waals surface area contributed by atoms with Crippen LogP contribution in [0.1, 0.15) is 19.8 Å². The zero-order valence-corrected chi connectivity index (χ0v) is 11.2. The van der Waals surface area contributed by atoms with E-state index in [9.17, 15) is 0 Å². The minimum Gasteiger partial charge on any atom is -0.312 e. The van der Waals surface area contributed by atoms with Crippen LogP contribution < -0.4 is 5.32 Å². The van der Waals surface area contributed by atoms with Gasteiger partial charge in [-0.3, -0.25) is 9.36 Å². The van der Waals surface area contributed by atoms with Gasteiger partial charge < -0.3 is 5.32 Å². The van der Waals surface area contributed by atoms with Gasteiger partial charge in [0.25, 0.3) is 0 Å². The fourth-order valence-electron chi connectivity index (χ4n) is 2.37. The van der Waals surface area contributed by atoms with Crippen molar-refractivity contribution < 1.29 is 0 Å². The van der Waals surface area contributed by atoms with Crippen LogP contribution in [0.15, 0.2) is 31.1 Å². The van der Waals surface area contributed by atoms with Gasteiger partial charge in [-0.2, -0.15) is 10.2 Å². The molecule has 0 aromatic carbocycles. The zero-order chi connectivity index (χ0) is 13.1. The molecule has 1 aliphatic carbocycles. The number of nitrogens with one attached hydrogen (secondary N) is 1.